The largest absolute Gasteiger partial charge is 0.393 e. The first-order chi connectivity index (χ1) is 9.38. The summed E-state index contributed by atoms with van der Waals surface area (Å²) in [4.78, 5) is 11.9. The first-order valence-corrected chi connectivity index (χ1v) is 7.24. The van der Waals surface area contributed by atoms with E-state index in [-0.39, 0.29) is 17.9 Å². The van der Waals surface area contributed by atoms with E-state index in [1.54, 1.807) is 17.8 Å². The van der Waals surface area contributed by atoms with Crippen LogP contribution in [-0.4, -0.2) is 38.7 Å². The third-order valence-electron chi connectivity index (χ3n) is 3.06. The molecule has 1 amide bonds. The number of nitrogens with one attached hydrogen (secondary N) is 1. The van der Waals surface area contributed by atoms with E-state index in [0.29, 0.717) is 24.6 Å². The molecule has 1 rings (SSSR count). The molecule has 0 radical (unpaired) electrons. The Morgan fingerprint density at radius 3 is 2.70 bits per heavy atom. The van der Waals surface area contributed by atoms with Crippen LogP contribution in [0, 0.1) is 11.8 Å². The first kappa shape index (κ1) is 16.6. The van der Waals surface area contributed by atoms with Crippen LogP contribution in [0.5, 0.6) is 0 Å². The average molecular weight is 282 g/mol. The molecule has 6 heteroatoms. The van der Waals surface area contributed by atoms with Crippen LogP contribution in [0.2, 0.25) is 0 Å². The Bertz CT molecular complexity index is 415. The van der Waals surface area contributed by atoms with Crippen molar-refractivity contribution in [3.63, 3.8) is 0 Å². The summed E-state index contributed by atoms with van der Waals surface area (Å²) in [5.41, 5.74) is 0.345. The Hall–Kier alpha value is -1.43. The standard InChI is InChI=1S/C14H26N4O2/c1-10(2)5-6-18-9-13(16-17-18)14(20)15-8-11(3)7-12(4)19/h9-12,19H,5-8H2,1-4H3,(H,15,20). The van der Waals surface area contributed by atoms with Gasteiger partial charge in [-0.3, -0.25) is 9.48 Å². The van der Waals surface area contributed by atoms with E-state index in [1.165, 1.54) is 0 Å². The molecule has 0 bridgehead atoms. The van der Waals surface area contributed by atoms with Crippen molar-refractivity contribution in [3.05, 3.63) is 11.9 Å². The van der Waals surface area contributed by atoms with Gasteiger partial charge in [0.05, 0.1) is 12.3 Å². The number of nitrogens with zero attached hydrogens (tertiary/aromatic N) is 3. The lowest BCUT2D eigenvalue weighted by atomic mass is 10.0. The molecule has 0 aliphatic heterocycles. The summed E-state index contributed by atoms with van der Waals surface area (Å²) in [5.74, 6) is 0.617. The van der Waals surface area contributed by atoms with Crippen molar-refractivity contribution in [3.8, 4) is 0 Å². The molecule has 0 spiro atoms. The van der Waals surface area contributed by atoms with Crippen LogP contribution in [-0.2, 0) is 6.54 Å². The van der Waals surface area contributed by atoms with E-state index in [9.17, 15) is 9.90 Å². The Labute approximate surface area is 120 Å². The Balaban J connectivity index is 2.40. The second kappa shape index (κ2) is 7.99. The quantitative estimate of drug-likeness (QED) is 0.756. The molecule has 2 unspecified atom stereocenters. The second-order valence-electron chi connectivity index (χ2n) is 5.95. The van der Waals surface area contributed by atoms with Crippen molar-refractivity contribution in [1.82, 2.24) is 20.3 Å². The number of amides is 1. The summed E-state index contributed by atoms with van der Waals surface area (Å²) in [6.45, 7) is 9.34. The van der Waals surface area contributed by atoms with Crippen molar-refractivity contribution < 1.29 is 9.90 Å². The lowest BCUT2D eigenvalue weighted by molar-refractivity contribution is 0.0934. The lowest BCUT2D eigenvalue weighted by Crippen LogP contribution is -2.29. The molecule has 2 N–H and O–H groups in total. The van der Waals surface area contributed by atoms with E-state index in [2.05, 4.69) is 29.5 Å². The van der Waals surface area contributed by atoms with Crippen LogP contribution in [0.25, 0.3) is 0 Å². The maximum Gasteiger partial charge on any atom is 0.273 e. The summed E-state index contributed by atoms with van der Waals surface area (Å²) in [5, 5.41) is 19.9. The van der Waals surface area contributed by atoms with Crippen molar-refractivity contribution in [1.29, 1.82) is 0 Å². The number of aromatic nitrogens is 3. The molecule has 6 nitrogen and oxygen atoms in total. The third kappa shape index (κ3) is 6.14. The van der Waals surface area contributed by atoms with Crippen LogP contribution >= 0.6 is 0 Å². The summed E-state index contributed by atoms with van der Waals surface area (Å²) < 4.78 is 1.70. The van der Waals surface area contributed by atoms with Gasteiger partial charge < -0.3 is 10.4 Å². The van der Waals surface area contributed by atoms with Gasteiger partial charge in [-0.1, -0.05) is 26.0 Å². The van der Waals surface area contributed by atoms with Crippen LogP contribution in [0.15, 0.2) is 6.20 Å². The predicted octanol–water partition coefficient (Wildman–Crippen LogP) is 1.46. The maximum absolute atomic E-state index is 11.9. The number of aryl methyl sites for hydroxylation is 1. The van der Waals surface area contributed by atoms with Gasteiger partial charge in [0, 0.05) is 13.1 Å². The topological polar surface area (TPSA) is 80.0 Å². The fourth-order valence-electron chi connectivity index (χ4n) is 1.93. The molecule has 0 aliphatic rings. The van der Waals surface area contributed by atoms with Crippen LogP contribution in [0.1, 0.15) is 51.0 Å². The Morgan fingerprint density at radius 2 is 2.10 bits per heavy atom. The second-order valence-corrected chi connectivity index (χ2v) is 5.95. The minimum atomic E-state index is -0.348. The van der Waals surface area contributed by atoms with Gasteiger partial charge in [0.1, 0.15) is 0 Å². The highest BCUT2D eigenvalue weighted by Gasteiger charge is 2.13. The van der Waals surface area contributed by atoms with Gasteiger partial charge in [-0.05, 0) is 31.6 Å². The van der Waals surface area contributed by atoms with E-state index in [4.69, 9.17) is 0 Å². The van der Waals surface area contributed by atoms with Crippen molar-refractivity contribution in [2.45, 2.75) is 53.2 Å². The molecule has 0 saturated carbocycles. The molecular weight excluding hydrogens is 256 g/mol. The van der Waals surface area contributed by atoms with Crippen molar-refractivity contribution >= 4 is 5.91 Å². The van der Waals surface area contributed by atoms with E-state index in [0.717, 1.165) is 13.0 Å². The van der Waals surface area contributed by atoms with Gasteiger partial charge in [-0.25, -0.2) is 0 Å². The zero-order valence-corrected chi connectivity index (χ0v) is 12.8. The molecule has 0 aliphatic carbocycles. The van der Waals surface area contributed by atoms with Gasteiger partial charge in [0.15, 0.2) is 5.69 Å². The third-order valence-corrected chi connectivity index (χ3v) is 3.06. The number of aliphatic hydroxyl groups excluding tert-OH is 1. The predicted molar refractivity (Wildman–Crippen MR) is 77.3 cm³/mol. The highest BCUT2D eigenvalue weighted by atomic mass is 16.3. The van der Waals surface area contributed by atoms with Crippen molar-refractivity contribution in [2.24, 2.45) is 11.8 Å². The summed E-state index contributed by atoms with van der Waals surface area (Å²) in [6.07, 6.45) is 3.01. The van der Waals surface area contributed by atoms with Crippen LogP contribution in [0.4, 0.5) is 0 Å². The molecule has 1 aromatic heterocycles. The minimum Gasteiger partial charge on any atom is -0.393 e. The maximum atomic E-state index is 11.9. The van der Waals surface area contributed by atoms with Crippen molar-refractivity contribution in [2.75, 3.05) is 6.54 Å². The molecular formula is C14H26N4O2. The number of carbonyl (C=O) groups is 1. The highest BCUT2D eigenvalue weighted by molar-refractivity contribution is 5.91. The fraction of sp³-hybridized carbons (Fsp3) is 0.786. The number of rotatable bonds is 8. The molecule has 2 atom stereocenters. The minimum absolute atomic E-state index is 0.210. The number of hydrogen-bond acceptors (Lipinski definition) is 4. The molecule has 1 aromatic rings. The van der Waals surface area contributed by atoms with Gasteiger partial charge in [-0.15, -0.1) is 5.10 Å². The van der Waals surface area contributed by atoms with E-state index >= 15 is 0 Å². The van der Waals surface area contributed by atoms with Gasteiger partial charge >= 0.3 is 0 Å². The molecule has 0 aromatic carbocycles. The smallest absolute Gasteiger partial charge is 0.273 e. The summed E-state index contributed by atoms with van der Waals surface area (Å²) in [7, 11) is 0. The average Bonchev–Trinajstić information content (AvgIpc) is 2.81. The van der Waals surface area contributed by atoms with E-state index in [1.807, 2.05) is 6.92 Å². The Kier molecular flexibility index (Phi) is 6.64. The fourth-order valence-corrected chi connectivity index (χ4v) is 1.93. The van der Waals surface area contributed by atoms with Gasteiger partial charge in [0.25, 0.3) is 5.91 Å². The SMILES string of the molecule is CC(C)CCn1cc(C(=O)NCC(C)CC(C)O)nn1. The first-order valence-electron chi connectivity index (χ1n) is 7.24. The van der Waals surface area contributed by atoms with Gasteiger partial charge in [-0.2, -0.15) is 0 Å². The Morgan fingerprint density at radius 1 is 1.40 bits per heavy atom. The summed E-state index contributed by atoms with van der Waals surface area (Å²) in [6, 6.07) is 0. The van der Waals surface area contributed by atoms with Crippen LogP contribution in [0.3, 0.4) is 0 Å². The van der Waals surface area contributed by atoms with Gasteiger partial charge in [0.2, 0.25) is 0 Å². The normalized spacial score (nSPS) is 14.3. The molecule has 1 heterocycles. The lowest BCUT2D eigenvalue weighted by Gasteiger charge is -2.13. The zero-order valence-electron chi connectivity index (χ0n) is 12.8. The van der Waals surface area contributed by atoms with E-state index < -0.39 is 0 Å². The highest BCUT2D eigenvalue weighted by Crippen LogP contribution is 2.05. The van der Waals surface area contributed by atoms with Crippen LogP contribution < -0.4 is 5.32 Å². The molecule has 0 saturated heterocycles. The number of carbonyl (C=O) groups excluding carboxylic acids is 1. The molecule has 114 valence electrons. The zero-order chi connectivity index (χ0) is 15.1. The molecule has 20 heavy (non-hydrogen) atoms. The summed E-state index contributed by atoms with van der Waals surface area (Å²) >= 11 is 0. The monoisotopic (exact) mass is 282 g/mol. The molecule has 0 fully saturated rings. The number of aliphatic hydroxyl groups is 1. The number of hydrogen-bond donors (Lipinski definition) is 2.